The van der Waals surface area contributed by atoms with Gasteiger partial charge in [-0.2, -0.15) is 5.10 Å². The molecule has 0 fully saturated rings. The maximum atomic E-state index is 6.00. The number of aromatic nitrogens is 2. The first-order valence-electron chi connectivity index (χ1n) is 8.95. The Morgan fingerprint density at radius 2 is 1.90 bits per heavy atom. The number of benzene rings is 2. The minimum Gasteiger partial charge on any atom is -0.493 e. The smallest absolute Gasteiger partial charge is 0.162 e. The van der Waals surface area contributed by atoms with Gasteiger partial charge in [-0.15, -0.1) is 6.42 Å². The van der Waals surface area contributed by atoms with Crippen LogP contribution in [0.4, 0.5) is 5.82 Å². The fraction of sp³-hybridized carbons (Fsp3) is 0.182. The van der Waals surface area contributed by atoms with E-state index >= 15 is 0 Å². The van der Waals surface area contributed by atoms with Gasteiger partial charge in [0, 0.05) is 17.2 Å². The molecule has 154 valence electrons. The Morgan fingerprint density at radius 1 is 1.17 bits per heavy atom. The van der Waals surface area contributed by atoms with Crippen LogP contribution < -0.4 is 14.8 Å². The molecule has 0 aliphatic rings. The highest BCUT2D eigenvalue weighted by Crippen LogP contribution is 2.30. The second kappa shape index (κ2) is 10.1. The number of thiocarbonyl (C=S) groups is 1. The van der Waals surface area contributed by atoms with Crippen molar-refractivity contribution in [3.63, 3.8) is 0 Å². The van der Waals surface area contributed by atoms with E-state index < -0.39 is 6.10 Å². The summed E-state index contributed by atoms with van der Waals surface area (Å²) in [5.41, 5.74) is 1.61. The van der Waals surface area contributed by atoms with Crippen molar-refractivity contribution in [1.82, 2.24) is 9.78 Å². The second-order valence-electron chi connectivity index (χ2n) is 6.10. The van der Waals surface area contributed by atoms with E-state index in [1.165, 1.54) is 0 Å². The number of terminal acetylenes is 1. The molecular weight excluding hydrogens is 422 g/mol. The summed E-state index contributed by atoms with van der Waals surface area (Å²) in [6.45, 7) is 0.115. The third-order valence-corrected chi connectivity index (χ3v) is 4.82. The highest BCUT2D eigenvalue weighted by atomic mass is 35.5. The topological polar surface area (TPSA) is 57.5 Å². The Kier molecular flexibility index (Phi) is 7.31. The van der Waals surface area contributed by atoms with Gasteiger partial charge in [-0.3, -0.25) is 0 Å². The maximum Gasteiger partial charge on any atom is 0.162 e. The number of methoxy groups -OCH3 is 2. The summed E-state index contributed by atoms with van der Waals surface area (Å²) in [7, 11) is 3.17. The molecule has 30 heavy (non-hydrogen) atoms. The lowest BCUT2D eigenvalue weighted by Crippen LogP contribution is -2.23. The summed E-state index contributed by atoms with van der Waals surface area (Å²) in [5, 5.41) is 8.22. The van der Waals surface area contributed by atoms with Gasteiger partial charge >= 0.3 is 0 Å². The predicted molar refractivity (Wildman–Crippen MR) is 122 cm³/mol. The minimum atomic E-state index is -0.540. The van der Waals surface area contributed by atoms with Crippen LogP contribution in [0.5, 0.6) is 11.5 Å². The Bertz CT molecular complexity index is 1060. The summed E-state index contributed by atoms with van der Waals surface area (Å²) < 4.78 is 18.2. The van der Waals surface area contributed by atoms with Gasteiger partial charge in [0.1, 0.15) is 23.5 Å². The van der Waals surface area contributed by atoms with Gasteiger partial charge in [-0.1, -0.05) is 41.9 Å². The number of nitrogens with one attached hydrogen (secondary N) is 1. The van der Waals surface area contributed by atoms with E-state index in [2.05, 4.69) is 16.3 Å². The molecule has 0 saturated carbocycles. The summed E-state index contributed by atoms with van der Waals surface area (Å²) in [6.07, 6.45) is 6.50. The average Bonchev–Trinajstić information content (AvgIpc) is 3.22. The molecule has 6 nitrogen and oxygen atoms in total. The van der Waals surface area contributed by atoms with E-state index in [0.717, 1.165) is 11.3 Å². The zero-order valence-corrected chi connectivity index (χ0v) is 18.0. The number of hydrogen-bond donors (Lipinski definition) is 1. The van der Waals surface area contributed by atoms with E-state index in [4.69, 9.17) is 44.5 Å². The molecule has 1 aromatic heterocycles. The molecule has 1 N–H and O–H groups in total. The summed E-state index contributed by atoms with van der Waals surface area (Å²) in [5.74, 6) is 4.36. The molecule has 1 atom stereocenters. The monoisotopic (exact) mass is 441 g/mol. The Morgan fingerprint density at radius 3 is 2.57 bits per heavy atom. The van der Waals surface area contributed by atoms with E-state index in [-0.39, 0.29) is 6.61 Å². The molecule has 0 aliphatic heterocycles. The molecule has 3 aromatic rings. The molecule has 8 heteroatoms. The van der Waals surface area contributed by atoms with Gasteiger partial charge in [0.05, 0.1) is 26.1 Å². The SMILES string of the molecule is C#CCOC(C(=S)Nc1ccnn1-c1ccc(OC)c(OC)c1)c1ccc(Cl)cc1. The average molecular weight is 442 g/mol. The summed E-state index contributed by atoms with van der Waals surface area (Å²) >= 11 is 11.6. The molecule has 0 spiro atoms. The zero-order chi connectivity index (χ0) is 21.5. The van der Waals surface area contributed by atoms with Crippen molar-refractivity contribution in [3.05, 3.63) is 65.3 Å². The van der Waals surface area contributed by atoms with Gasteiger partial charge in [-0.05, 0) is 29.8 Å². The van der Waals surface area contributed by atoms with E-state index in [0.29, 0.717) is 27.3 Å². The normalized spacial score (nSPS) is 11.4. The third kappa shape index (κ3) is 4.92. The van der Waals surface area contributed by atoms with E-state index in [9.17, 15) is 0 Å². The molecule has 0 amide bonds. The molecule has 1 unspecified atom stereocenters. The predicted octanol–water partition coefficient (Wildman–Crippen LogP) is 4.67. The van der Waals surface area contributed by atoms with Gasteiger partial charge in [0.15, 0.2) is 11.5 Å². The third-order valence-electron chi connectivity index (χ3n) is 4.25. The van der Waals surface area contributed by atoms with Crippen molar-refractivity contribution in [2.75, 3.05) is 26.1 Å². The van der Waals surface area contributed by atoms with Crippen LogP contribution in [-0.2, 0) is 4.74 Å². The Balaban J connectivity index is 1.87. The fourth-order valence-electron chi connectivity index (χ4n) is 2.84. The van der Waals surface area contributed by atoms with Gasteiger partial charge in [-0.25, -0.2) is 4.68 Å². The number of nitrogens with zero attached hydrogens (tertiary/aromatic N) is 2. The van der Waals surface area contributed by atoms with Crippen LogP contribution in [0.25, 0.3) is 5.69 Å². The number of halogens is 1. The van der Waals surface area contributed by atoms with E-state index in [1.54, 1.807) is 37.2 Å². The molecule has 0 bridgehead atoms. The zero-order valence-electron chi connectivity index (χ0n) is 16.5. The standard InChI is InChI=1S/C22H20ClN3O3S/c1-4-13-29-21(15-5-7-16(23)8-6-15)22(30)25-20-11-12-24-26(20)17-9-10-18(27-2)19(14-17)28-3/h1,5-12,14,21H,13H2,2-3H3,(H,25,30). The van der Waals surface area contributed by atoms with Crippen LogP contribution >= 0.6 is 23.8 Å². The number of anilines is 1. The van der Waals surface area contributed by atoms with Crippen LogP contribution in [0.15, 0.2) is 54.7 Å². The Hall–Kier alpha value is -3.05. The van der Waals surface area contributed by atoms with Gasteiger partial charge in [0.25, 0.3) is 0 Å². The second-order valence-corrected chi connectivity index (χ2v) is 6.98. The summed E-state index contributed by atoms with van der Waals surface area (Å²) in [4.78, 5) is 0.440. The van der Waals surface area contributed by atoms with Gasteiger partial charge in [0.2, 0.25) is 0 Å². The number of rotatable bonds is 8. The first kappa shape index (κ1) is 21.7. The molecule has 0 radical (unpaired) electrons. The number of hydrogen-bond acceptors (Lipinski definition) is 5. The number of ether oxygens (including phenoxy) is 3. The first-order valence-corrected chi connectivity index (χ1v) is 9.73. The highest BCUT2D eigenvalue weighted by molar-refractivity contribution is 7.80. The Labute approximate surface area is 185 Å². The summed E-state index contributed by atoms with van der Waals surface area (Å²) in [6, 6.07) is 14.6. The molecule has 1 heterocycles. The molecular formula is C22H20ClN3O3S. The lowest BCUT2D eigenvalue weighted by Gasteiger charge is -2.20. The maximum absolute atomic E-state index is 6.00. The van der Waals surface area contributed by atoms with Crippen molar-refractivity contribution in [1.29, 1.82) is 0 Å². The van der Waals surface area contributed by atoms with Crippen molar-refractivity contribution < 1.29 is 14.2 Å². The van der Waals surface area contributed by atoms with Crippen LogP contribution in [0.2, 0.25) is 5.02 Å². The van der Waals surface area contributed by atoms with Crippen molar-refractivity contribution >= 4 is 34.6 Å². The van der Waals surface area contributed by atoms with Crippen molar-refractivity contribution in [3.8, 4) is 29.5 Å². The van der Waals surface area contributed by atoms with Crippen LogP contribution in [0.1, 0.15) is 11.7 Å². The fourth-order valence-corrected chi connectivity index (χ4v) is 3.28. The first-order chi connectivity index (χ1) is 14.6. The molecule has 3 rings (SSSR count). The van der Waals surface area contributed by atoms with Gasteiger partial charge < -0.3 is 19.5 Å². The van der Waals surface area contributed by atoms with Crippen LogP contribution in [0, 0.1) is 12.3 Å². The van der Waals surface area contributed by atoms with Crippen LogP contribution in [-0.4, -0.2) is 35.6 Å². The molecule has 0 aliphatic carbocycles. The van der Waals surface area contributed by atoms with Crippen molar-refractivity contribution in [2.45, 2.75) is 6.10 Å². The molecule has 0 saturated heterocycles. The lowest BCUT2D eigenvalue weighted by molar-refractivity contribution is 0.130. The quantitative estimate of drug-likeness (QED) is 0.405. The largest absolute Gasteiger partial charge is 0.493 e. The minimum absolute atomic E-state index is 0.115. The highest BCUT2D eigenvalue weighted by Gasteiger charge is 2.20. The van der Waals surface area contributed by atoms with Crippen LogP contribution in [0.3, 0.4) is 0 Å². The van der Waals surface area contributed by atoms with E-state index in [1.807, 2.05) is 36.4 Å². The van der Waals surface area contributed by atoms with Crippen molar-refractivity contribution in [2.24, 2.45) is 0 Å². The lowest BCUT2D eigenvalue weighted by atomic mass is 10.1. The molecule has 2 aromatic carbocycles.